The average Bonchev–Trinajstić information content (AvgIpc) is 2.28. The highest BCUT2D eigenvalue weighted by Gasteiger charge is 2.26. The molecule has 0 bridgehead atoms. The number of nitrogens with two attached hydrogens (primary N) is 1. The molecule has 1 amide bonds. The average molecular weight is 252 g/mol. The van der Waals surface area contributed by atoms with Crippen molar-refractivity contribution in [2.75, 3.05) is 7.11 Å². The Hall–Kier alpha value is -1.75. The highest BCUT2D eigenvalue weighted by Crippen LogP contribution is 2.29. The van der Waals surface area contributed by atoms with Crippen LogP contribution in [0.15, 0.2) is 18.2 Å². The fourth-order valence-corrected chi connectivity index (χ4v) is 1.34. The molecular weight excluding hydrogens is 232 g/mol. The number of hydrogen-bond acceptors (Lipinski definition) is 4. The van der Waals surface area contributed by atoms with Gasteiger partial charge in [-0.25, -0.2) is 0 Å². The third kappa shape index (κ3) is 2.92. The van der Waals surface area contributed by atoms with E-state index in [1.807, 2.05) is 20.8 Å². The van der Waals surface area contributed by atoms with Crippen molar-refractivity contribution in [2.24, 2.45) is 5.73 Å². The van der Waals surface area contributed by atoms with Gasteiger partial charge in [-0.3, -0.25) is 4.79 Å². The lowest BCUT2D eigenvalue weighted by atomic mass is 9.96. The number of hydrogen-bond donors (Lipinski definition) is 3. The molecule has 0 saturated carbocycles. The number of benzene rings is 1. The van der Waals surface area contributed by atoms with Crippen LogP contribution < -0.4 is 15.8 Å². The number of phenolic OH excluding ortho intramolecular Hbond substituents is 1. The van der Waals surface area contributed by atoms with E-state index >= 15 is 0 Å². The molecular formula is C13H20N2O3. The van der Waals surface area contributed by atoms with Crippen LogP contribution in [0.2, 0.25) is 0 Å². The maximum atomic E-state index is 12.1. The summed E-state index contributed by atoms with van der Waals surface area (Å²) < 4.78 is 4.96. The second kappa shape index (κ2) is 5.27. The van der Waals surface area contributed by atoms with Crippen molar-refractivity contribution in [3.63, 3.8) is 0 Å². The molecule has 0 spiro atoms. The van der Waals surface area contributed by atoms with Gasteiger partial charge in [-0.2, -0.15) is 0 Å². The van der Waals surface area contributed by atoms with Crippen LogP contribution in [-0.4, -0.2) is 29.7 Å². The summed E-state index contributed by atoms with van der Waals surface area (Å²) in [4.78, 5) is 12.1. The molecule has 5 heteroatoms. The molecule has 0 aliphatic carbocycles. The third-order valence-electron chi connectivity index (χ3n) is 3.04. The summed E-state index contributed by atoms with van der Waals surface area (Å²) in [6, 6.07) is 4.55. The number of methoxy groups -OCH3 is 1. The molecule has 18 heavy (non-hydrogen) atoms. The Labute approximate surface area is 107 Å². The van der Waals surface area contributed by atoms with Crippen molar-refractivity contribution in [1.82, 2.24) is 5.32 Å². The second-order valence-corrected chi connectivity index (χ2v) is 4.82. The molecule has 0 saturated heterocycles. The standard InChI is InChI=1S/C13H20N2O3/c1-8(14)13(2,3)15-12(17)9-6-5-7-10(18-4)11(9)16/h5-8,16H,14H2,1-4H3,(H,15,17). The van der Waals surface area contributed by atoms with Crippen LogP contribution in [0, 0.1) is 0 Å². The van der Waals surface area contributed by atoms with Crippen molar-refractivity contribution in [1.29, 1.82) is 0 Å². The van der Waals surface area contributed by atoms with Crippen molar-refractivity contribution < 1.29 is 14.6 Å². The van der Waals surface area contributed by atoms with E-state index in [-0.39, 0.29) is 29.0 Å². The first-order valence-electron chi connectivity index (χ1n) is 5.73. The molecule has 0 radical (unpaired) electrons. The van der Waals surface area contributed by atoms with E-state index in [0.717, 1.165) is 0 Å². The number of aromatic hydroxyl groups is 1. The molecule has 100 valence electrons. The number of para-hydroxylation sites is 1. The van der Waals surface area contributed by atoms with E-state index < -0.39 is 5.54 Å². The Morgan fingerprint density at radius 1 is 1.50 bits per heavy atom. The smallest absolute Gasteiger partial charge is 0.255 e. The molecule has 1 atom stereocenters. The maximum Gasteiger partial charge on any atom is 0.255 e. The Kier molecular flexibility index (Phi) is 4.19. The number of carbonyl (C=O) groups is 1. The minimum Gasteiger partial charge on any atom is -0.504 e. The van der Waals surface area contributed by atoms with Crippen LogP contribution in [0.4, 0.5) is 0 Å². The topological polar surface area (TPSA) is 84.6 Å². The van der Waals surface area contributed by atoms with Gasteiger partial charge in [-0.15, -0.1) is 0 Å². The number of nitrogens with one attached hydrogen (secondary N) is 1. The van der Waals surface area contributed by atoms with Gasteiger partial charge in [0.2, 0.25) is 0 Å². The lowest BCUT2D eigenvalue weighted by Crippen LogP contribution is -2.54. The highest BCUT2D eigenvalue weighted by molar-refractivity contribution is 5.98. The normalized spacial score (nSPS) is 12.9. The summed E-state index contributed by atoms with van der Waals surface area (Å²) in [5, 5.41) is 12.7. The molecule has 0 aliphatic heterocycles. The summed E-state index contributed by atoms with van der Waals surface area (Å²) in [5.41, 5.74) is 5.40. The summed E-state index contributed by atoms with van der Waals surface area (Å²) >= 11 is 0. The molecule has 1 unspecified atom stereocenters. The van der Waals surface area contributed by atoms with Crippen LogP contribution >= 0.6 is 0 Å². The zero-order chi connectivity index (χ0) is 13.9. The van der Waals surface area contributed by atoms with E-state index in [1.54, 1.807) is 12.1 Å². The summed E-state index contributed by atoms with van der Waals surface area (Å²) in [6.45, 7) is 5.46. The van der Waals surface area contributed by atoms with Gasteiger partial charge in [0.1, 0.15) is 0 Å². The Bertz CT molecular complexity index is 442. The van der Waals surface area contributed by atoms with E-state index in [1.165, 1.54) is 13.2 Å². The van der Waals surface area contributed by atoms with Gasteiger partial charge in [-0.1, -0.05) is 6.07 Å². The van der Waals surface area contributed by atoms with Gasteiger partial charge >= 0.3 is 0 Å². The first-order valence-corrected chi connectivity index (χ1v) is 5.73. The fourth-order valence-electron chi connectivity index (χ4n) is 1.34. The molecule has 1 aromatic carbocycles. The van der Waals surface area contributed by atoms with Gasteiger partial charge in [0.25, 0.3) is 5.91 Å². The molecule has 0 heterocycles. The maximum absolute atomic E-state index is 12.1. The predicted octanol–water partition coefficient (Wildman–Crippen LogP) is 1.26. The van der Waals surface area contributed by atoms with Gasteiger partial charge in [-0.05, 0) is 32.9 Å². The van der Waals surface area contributed by atoms with Crippen LogP contribution in [0.3, 0.4) is 0 Å². The van der Waals surface area contributed by atoms with Gasteiger partial charge in [0.05, 0.1) is 12.7 Å². The van der Waals surface area contributed by atoms with Crippen LogP contribution in [0.25, 0.3) is 0 Å². The Morgan fingerprint density at radius 2 is 2.11 bits per heavy atom. The number of amides is 1. The lowest BCUT2D eigenvalue weighted by Gasteiger charge is -2.30. The molecule has 1 rings (SSSR count). The molecule has 0 fully saturated rings. The van der Waals surface area contributed by atoms with Gasteiger partial charge < -0.3 is 20.9 Å². The number of ether oxygens (including phenoxy) is 1. The first kappa shape index (κ1) is 14.3. The van der Waals surface area contributed by atoms with Gasteiger partial charge in [0, 0.05) is 11.6 Å². The van der Waals surface area contributed by atoms with Crippen LogP contribution in [0.5, 0.6) is 11.5 Å². The quantitative estimate of drug-likeness (QED) is 0.753. The van der Waals surface area contributed by atoms with E-state index in [2.05, 4.69) is 5.32 Å². The van der Waals surface area contributed by atoms with Gasteiger partial charge in [0.15, 0.2) is 11.5 Å². The zero-order valence-corrected chi connectivity index (χ0v) is 11.2. The SMILES string of the molecule is COc1cccc(C(=O)NC(C)(C)C(C)N)c1O. The van der Waals surface area contributed by atoms with Crippen LogP contribution in [0.1, 0.15) is 31.1 Å². The highest BCUT2D eigenvalue weighted by atomic mass is 16.5. The third-order valence-corrected chi connectivity index (χ3v) is 3.04. The minimum atomic E-state index is -0.563. The van der Waals surface area contributed by atoms with E-state index in [4.69, 9.17) is 10.5 Å². The second-order valence-electron chi connectivity index (χ2n) is 4.82. The van der Waals surface area contributed by atoms with Crippen molar-refractivity contribution in [3.05, 3.63) is 23.8 Å². The summed E-state index contributed by atoms with van der Waals surface area (Å²) in [5.74, 6) is -0.284. The zero-order valence-electron chi connectivity index (χ0n) is 11.2. The molecule has 1 aromatic rings. The molecule has 0 aromatic heterocycles. The largest absolute Gasteiger partial charge is 0.504 e. The monoisotopic (exact) mass is 252 g/mol. The number of phenols is 1. The van der Waals surface area contributed by atoms with E-state index in [9.17, 15) is 9.90 Å². The van der Waals surface area contributed by atoms with Crippen LogP contribution in [-0.2, 0) is 0 Å². The molecule has 4 N–H and O–H groups in total. The Balaban J connectivity index is 2.99. The fraction of sp³-hybridized carbons (Fsp3) is 0.462. The minimum absolute atomic E-state index is 0.169. The Morgan fingerprint density at radius 3 is 2.61 bits per heavy atom. The first-order chi connectivity index (χ1) is 8.29. The van der Waals surface area contributed by atoms with Crippen molar-refractivity contribution >= 4 is 5.91 Å². The predicted molar refractivity (Wildman–Crippen MR) is 69.9 cm³/mol. The molecule has 5 nitrogen and oxygen atoms in total. The number of carbonyl (C=O) groups excluding carboxylic acids is 1. The lowest BCUT2D eigenvalue weighted by molar-refractivity contribution is 0.0900. The summed E-state index contributed by atoms with van der Waals surface area (Å²) in [6.07, 6.45) is 0. The van der Waals surface area contributed by atoms with E-state index in [0.29, 0.717) is 0 Å². The molecule has 0 aliphatic rings. The number of rotatable bonds is 4. The summed E-state index contributed by atoms with van der Waals surface area (Å²) in [7, 11) is 1.43. The van der Waals surface area contributed by atoms with Crippen molar-refractivity contribution in [3.8, 4) is 11.5 Å². The van der Waals surface area contributed by atoms with Crippen molar-refractivity contribution in [2.45, 2.75) is 32.4 Å².